The lowest BCUT2D eigenvalue weighted by molar-refractivity contribution is -0.134. The van der Waals surface area contributed by atoms with Crippen molar-refractivity contribution in [3.63, 3.8) is 0 Å². The van der Waals surface area contributed by atoms with Crippen LogP contribution in [0.5, 0.6) is 0 Å². The van der Waals surface area contributed by atoms with Crippen molar-refractivity contribution in [2.24, 2.45) is 0 Å². The number of amides is 1. The molecule has 0 aliphatic carbocycles. The minimum atomic E-state index is 0.297. The summed E-state index contributed by atoms with van der Waals surface area (Å²) in [7, 11) is 0. The fraction of sp³-hybridized carbons (Fsp3) is 0.647. The fourth-order valence-electron chi connectivity index (χ4n) is 3.35. The number of anilines is 1. The largest absolute Gasteiger partial charge is 0.354 e. The van der Waals surface area contributed by atoms with Crippen LogP contribution in [0.25, 0.3) is 0 Å². The summed E-state index contributed by atoms with van der Waals surface area (Å²) in [5, 5.41) is 3.33. The van der Waals surface area contributed by atoms with E-state index in [1.807, 2.05) is 23.2 Å². The van der Waals surface area contributed by atoms with E-state index < -0.39 is 0 Å². The van der Waals surface area contributed by atoms with Gasteiger partial charge in [-0.15, -0.1) is 0 Å². The van der Waals surface area contributed by atoms with Gasteiger partial charge in [0.2, 0.25) is 5.91 Å². The molecule has 0 saturated carbocycles. The van der Waals surface area contributed by atoms with E-state index in [9.17, 15) is 4.79 Å². The van der Waals surface area contributed by atoms with Crippen molar-refractivity contribution in [1.29, 1.82) is 0 Å². The molecule has 0 radical (unpaired) electrons. The van der Waals surface area contributed by atoms with E-state index in [4.69, 9.17) is 0 Å². The molecule has 1 aromatic rings. The molecular weight excluding hydrogens is 290 g/mol. The summed E-state index contributed by atoms with van der Waals surface area (Å²) >= 11 is 0. The van der Waals surface area contributed by atoms with Crippen LogP contribution in [-0.2, 0) is 4.79 Å². The number of pyridine rings is 1. The van der Waals surface area contributed by atoms with Gasteiger partial charge >= 0.3 is 0 Å². The second-order valence-electron chi connectivity index (χ2n) is 6.41. The Morgan fingerprint density at radius 3 is 2.78 bits per heavy atom. The summed E-state index contributed by atoms with van der Waals surface area (Å²) in [5.74, 6) is 1.35. The average molecular weight is 317 g/mol. The van der Waals surface area contributed by atoms with Gasteiger partial charge < -0.3 is 15.1 Å². The average Bonchev–Trinajstić information content (AvgIpc) is 2.61. The first-order valence-corrected chi connectivity index (χ1v) is 8.62. The Labute approximate surface area is 138 Å². The van der Waals surface area contributed by atoms with Crippen molar-refractivity contribution in [1.82, 2.24) is 20.1 Å². The van der Waals surface area contributed by atoms with Gasteiger partial charge in [0.15, 0.2) is 0 Å². The lowest BCUT2D eigenvalue weighted by Gasteiger charge is -2.37. The maximum atomic E-state index is 12.4. The van der Waals surface area contributed by atoms with Crippen molar-refractivity contribution in [3.05, 3.63) is 24.4 Å². The third-order valence-corrected chi connectivity index (χ3v) is 4.81. The highest BCUT2D eigenvalue weighted by Gasteiger charge is 2.24. The third kappa shape index (κ3) is 4.20. The highest BCUT2D eigenvalue weighted by atomic mass is 16.2. The number of nitrogens with zero attached hydrogens (tertiary/aromatic N) is 4. The van der Waals surface area contributed by atoms with Crippen LogP contribution in [0.3, 0.4) is 0 Å². The summed E-state index contributed by atoms with van der Waals surface area (Å²) in [6.45, 7) is 9.62. The van der Waals surface area contributed by atoms with Crippen molar-refractivity contribution in [2.45, 2.75) is 19.4 Å². The Bertz CT molecular complexity index is 501. The highest BCUT2D eigenvalue weighted by molar-refractivity contribution is 5.76. The molecule has 3 heterocycles. The van der Waals surface area contributed by atoms with Gasteiger partial charge in [-0.1, -0.05) is 6.07 Å². The molecule has 23 heavy (non-hydrogen) atoms. The maximum Gasteiger partial charge on any atom is 0.224 e. The van der Waals surface area contributed by atoms with Gasteiger partial charge in [-0.05, 0) is 19.1 Å². The Balaban J connectivity index is 1.41. The molecule has 2 fully saturated rings. The summed E-state index contributed by atoms with van der Waals surface area (Å²) in [6.07, 6.45) is 2.48. The Morgan fingerprint density at radius 1 is 1.26 bits per heavy atom. The van der Waals surface area contributed by atoms with Crippen LogP contribution in [0.4, 0.5) is 5.82 Å². The van der Waals surface area contributed by atoms with Crippen LogP contribution in [0.1, 0.15) is 13.3 Å². The van der Waals surface area contributed by atoms with E-state index in [-0.39, 0.29) is 0 Å². The van der Waals surface area contributed by atoms with Crippen molar-refractivity contribution < 1.29 is 4.79 Å². The third-order valence-electron chi connectivity index (χ3n) is 4.81. The van der Waals surface area contributed by atoms with E-state index in [0.29, 0.717) is 18.4 Å². The van der Waals surface area contributed by atoms with Crippen molar-refractivity contribution in [3.8, 4) is 0 Å². The van der Waals surface area contributed by atoms with Crippen LogP contribution in [0.2, 0.25) is 0 Å². The Hall–Kier alpha value is -1.66. The van der Waals surface area contributed by atoms with Crippen molar-refractivity contribution in [2.75, 3.05) is 57.3 Å². The van der Waals surface area contributed by atoms with Gasteiger partial charge in [-0.3, -0.25) is 9.69 Å². The van der Waals surface area contributed by atoms with Crippen molar-refractivity contribution >= 4 is 11.7 Å². The number of rotatable bonds is 4. The topological polar surface area (TPSA) is 51.7 Å². The Kier molecular flexibility index (Phi) is 5.46. The number of nitrogens with one attached hydrogen (secondary N) is 1. The van der Waals surface area contributed by atoms with Gasteiger partial charge in [0.1, 0.15) is 5.82 Å². The molecule has 0 spiro atoms. The molecule has 126 valence electrons. The lowest BCUT2D eigenvalue weighted by atomic mass is 10.2. The molecule has 0 bridgehead atoms. The van der Waals surface area contributed by atoms with Crippen LogP contribution in [0, 0.1) is 0 Å². The first-order valence-electron chi connectivity index (χ1n) is 8.62. The number of piperazine rings is 2. The normalized spacial score (nSPS) is 23.1. The summed E-state index contributed by atoms with van der Waals surface area (Å²) in [4.78, 5) is 23.5. The number of carbonyl (C=O) groups excluding carboxylic acids is 1. The molecule has 1 amide bonds. The highest BCUT2D eigenvalue weighted by Crippen LogP contribution is 2.13. The fourth-order valence-corrected chi connectivity index (χ4v) is 3.35. The number of hydrogen-bond donors (Lipinski definition) is 1. The maximum absolute atomic E-state index is 12.4. The van der Waals surface area contributed by atoms with E-state index >= 15 is 0 Å². The molecular formula is C17H27N5O. The minimum Gasteiger partial charge on any atom is -0.354 e. The van der Waals surface area contributed by atoms with E-state index in [2.05, 4.69) is 33.1 Å². The number of hydrogen-bond acceptors (Lipinski definition) is 5. The summed E-state index contributed by atoms with van der Waals surface area (Å²) in [6, 6.07) is 6.35. The monoisotopic (exact) mass is 317 g/mol. The second kappa shape index (κ2) is 7.75. The molecule has 6 heteroatoms. The molecule has 1 N–H and O–H groups in total. The smallest absolute Gasteiger partial charge is 0.224 e. The van der Waals surface area contributed by atoms with Gasteiger partial charge in [0, 0.05) is 71.0 Å². The minimum absolute atomic E-state index is 0.297. The van der Waals surface area contributed by atoms with Gasteiger partial charge in [0.05, 0.1) is 0 Å². The number of aromatic nitrogens is 1. The molecule has 2 saturated heterocycles. The molecule has 0 aromatic carbocycles. The first kappa shape index (κ1) is 16.2. The van der Waals surface area contributed by atoms with Gasteiger partial charge in [-0.25, -0.2) is 4.98 Å². The summed E-state index contributed by atoms with van der Waals surface area (Å²) in [5.41, 5.74) is 0. The first-order chi connectivity index (χ1) is 11.2. The zero-order valence-corrected chi connectivity index (χ0v) is 13.9. The molecule has 6 nitrogen and oxygen atoms in total. The quantitative estimate of drug-likeness (QED) is 0.872. The predicted octanol–water partition coefficient (Wildman–Crippen LogP) is 0.414. The van der Waals surface area contributed by atoms with E-state index in [0.717, 1.165) is 58.2 Å². The SMILES string of the molecule is CC1CNCCN1C(=O)CCN1CCN(c2ccccn2)CC1. The zero-order valence-electron chi connectivity index (χ0n) is 13.9. The van der Waals surface area contributed by atoms with E-state index in [1.165, 1.54) is 0 Å². The van der Waals surface area contributed by atoms with Gasteiger partial charge in [-0.2, -0.15) is 0 Å². The lowest BCUT2D eigenvalue weighted by Crippen LogP contribution is -2.53. The zero-order chi connectivity index (χ0) is 16.1. The number of carbonyl (C=O) groups is 1. The Morgan fingerprint density at radius 2 is 2.09 bits per heavy atom. The molecule has 2 aliphatic heterocycles. The molecule has 2 aliphatic rings. The van der Waals surface area contributed by atoms with Crippen LogP contribution in [-0.4, -0.2) is 79.1 Å². The van der Waals surface area contributed by atoms with Crippen LogP contribution < -0.4 is 10.2 Å². The summed E-state index contributed by atoms with van der Waals surface area (Å²) < 4.78 is 0. The molecule has 1 unspecified atom stereocenters. The van der Waals surface area contributed by atoms with E-state index in [1.54, 1.807) is 0 Å². The molecule has 1 aromatic heterocycles. The predicted molar refractivity (Wildman–Crippen MR) is 91.6 cm³/mol. The van der Waals surface area contributed by atoms with Gasteiger partial charge in [0.25, 0.3) is 0 Å². The standard InChI is InChI=1S/C17H27N5O/c1-15-14-18-7-9-22(15)17(23)5-8-20-10-12-21(13-11-20)16-4-2-3-6-19-16/h2-4,6,15,18H,5,7-14H2,1H3. The molecule has 1 atom stereocenters. The van der Waals surface area contributed by atoms with Crippen LogP contribution in [0.15, 0.2) is 24.4 Å². The second-order valence-corrected chi connectivity index (χ2v) is 6.41. The van der Waals surface area contributed by atoms with Crippen LogP contribution >= 0.6 is 0 Å². The molecule has 3 rings (SSSR count).